The number of methoxy groups -OCH3 is 1. The van der Waals surface area contributed by atoms with Crippen LogP contribution in [0.4, 0.5) is 0 Å². The van der Waals surface area contributed by atoms with Crippen molar-refractivity contribution in [1.29, 1.82) is 0 Å². The van der Waals surface area contributed by atoms with Crippen LogP contribution < -0.4 is 0 Å². The Morgan fingerprint density at radius 3 is 2.50 bits per heavy atom. The first kappa shape index (κ1) is 13.4. The molecule has 3 nitrogen and oxygen atoms in total. The van der Waals surface area contributed by atoms with Crippen LogP contribution in [-0.2, 0) is 10.3 Å². The Labute approximate surface area is 102 Å². The van der Waals surface area contributed by atoms with Gasteiger partial charge in [-0.25, -0.2) is 9.97 Å². The summed E-state index contributed by atoms with van der Waals surface area (Å²) < 4.78 is 5.48. The molecule has 0 aliphatic heterocycles. The van der Waals surface area contributed by atoms with Crippen LogP contribution in [0.1, 0.15) is 51.6 Å². The Morgan fingerprint density at radius 1 is 1.44 bits per heavy atom. The molecule has 1 rings (SSSR count). The van der Waals surface area contributed by atoms with Gasteiger partial charge in [-0.3, -0.25) is 0 Å². The first-order valence-electron chi connectivity index (χ1n) is 5.53. The third-order valence-corrected chi connectivity index (χ3v) is 3.10. The molecule has 1 unspecified atom stereocenters. The molecular formula is C12H19ClN2O. The van der Waals surface area contributed by atoms with Gasteiger partial charge in [0.1, 0.15) is 10.8 Å². The highest BCUT2D eigenvalue weighted by Crippen LogP contribution is 2.27. The highest BCUT2D eigenvalue weighted by atomic mass is 35.5. The van der Waals surface area contributed by atoms with E-state index in [0.717, 1.165) is 12.1 Å². The highest BCUT2D eigenvalue weighted by molar-refractivity contribution is 6.29. The first-order valence-corrected chi connectivity index (χ1v) is 5.91. The molecule has 0 fully saturated rings. The molecule has 1 aromatic rings. The van der Waals surface area contributed by atoms with Gasteiger partial charge >= 0.3 is 0 Å². The molecule has 0 radical (unpaired) electrons. The van der Waals surface area contributed by atoms with Gasteiger partial charge in [-0.1, -0.05) is 32.4 Å². The van der Waals surface area contributed by atoms with Gasteiger partial charge in [-0.2, -0.15) is 0 Å². The zero-order chi connectivity index (χ0) is 12.3. The van der Waals surface area contributed by atoms with E-state index in [2.05, 4.69) is 23.8 Å². The predicted octanol–water partition coefficient (Wildman–Crippen LogP) is 3.53. The van der Waals surface area contributed by atoms with Gasteiger partial charge in [0, 0.05) is 12.8 Å². The van der Waals surface area contributed by atoms with E-state index in [-0.39, 0.29) is 0 Å². The van der Waals surface area contributed by atoms with Gasteiger partial charge in [0.25, 0.3) is 0 Å². The Bertz CT molecular complexity index is 362. The Hall–Kier alpha value is -0.670. The van der Waals surface area contributed by atoms with E-state index in [9.17, 15) is 0 Å². The molecule has 0 saturated carbocycles. The first-order chi connectivity index (χ1) is 7.42. The number of aromatic nitrogens is 2. The number of rotatable bonds is 4. The van der Waals surface area contributed by atoms with E-state index >= 15 is 0 Å². The second kappa shape index (κ2) is 5.11. The number of nitrogens with zero attached hydrogens (tertiary/aromatic N) is 2. The van der Waals surface area contributed by atoms with Crippen LogP contribution in [0.5, 0.6) is 0 Å². The van der Waals surface area contributed by atoms with E-state index in [1.807, 2.05) is 19.9 Å². The monoisotopic (exact) mass is 242 g/mol. The minimum absolute atomic E-state index is 0.331. The van der Waals surface area contributed by atoms with E-state index < -0.39 is 5.60 Å². The Morgan fingerprint density at radius 2 is 2.06 bits per heavy atom. The van der Waals surface area contributed by atoms with Crippen LogP contribution in [0.3, 0.4) is 0 Å². The van der Waals surface area contributed by atoms with Gasteiger partial charge in [-0.05, 0) is 25.3 Å². The predicted molar refractivity (Wildman–Crippen MR) is 65.8 cm³/mol. The van der Waals surface area contributed by atoms with Crippen molar-refractivity contribution in [3.05, 3.63) is 22.7 Å². The molecule has 0 bridgehead atoms. The van der Waals surface area contributed by atoms with E-state index in [1.165, 1.54) is 0 Å². The van der Waals surface area contributed by atoms with Crippen molar-refractivity contribution in [1.82, 2.24) is 9.97 Å². The number of hydrogen-bond donors (Lipinski definition) is 0. The number of halogens is 1. The second-order valence-electron chi connectivity index (χ2n) is 4.38. The topological polar surface area (TPSA) is 35.0 Å². The summed E-state index contributed by atoms with van der Waals surface area (Å²) in [5.74, 6) is 0.992. The zero-order valence-electron chi connectivity index (χ0n) is 10.5. The second-order valence-corrected chi connectivity index (χ2v) is 4.77. The smallest absolute Gasteiger partial charge is 0.161 e. The van der Waals surface area contributed by atoms with E-state index in [1.54, 1.807) is 7.11 Å². The highest BCUT2D eigenvalue weighted by Gasteiger charge is 2.28. The summed E-state index contributed by atoms with van der Waals surface area (Å²) in [6, 6.07) is 1.81. The summed E-state index contributed by atoms with van der Waals surface area (Å²) in [5.41, 5.74) is 0.487. The summed E-state index contributed by atoms with van der Waals surface area (Å²) >= 11 is 6.01. The molecule has 0 aromatic carbocycles. The van der Waals surface area contributed by atoms with Crippen LogP contribution in [0.15, 0.2) is 6.07 Å². The number of ether oxygens (including phenoxy) is 1. The van der Waals surface area contributed by atoms with Gasteiger partial charge in [0.05, 0.1) is 0 Å². The Kier molecular flexibility index (Phi) is 4.28. The van der Waals surface area contributed by atoms with Crippen molar-refractivity contribution < 1.29 is 4.74 Å². The molecule has 1 atom stereocenters. The fourth-order valence-corrected chi connectivity index (χ4v) is 1.55. The molecule has 0 aliphatic carbocycles. The SMILES string of the molecule is CCC(C)(OC)c1nc(Cl)cc(C(C)C)n1. The summed E-state index contributed by atoms with van der Waals surface area (Å²) in [4.78, 5) is 8.79. The normalized spacial score (nSPS) is 15.2. The molecule has 0 spiro atoms. The summed E-state index contributed by atoms with van der Waals surface area (Å²) in [6.07, 6.45) is 0.807. The quantitative estimate of drug-likeness (QED) is 0.758. The summed E-state index contributed by atoms with van der Waals surface area (Å²) in [6.45, 7) is 8.18. The Balaban J connectivity index is 3.23. The fraction of sp³-hybridized carbons (Fsp3) is 0.667. The van der Waals surface area contributed by atoms with Gasteiger partial charge < -0.3 is 4.74 Å². The van der Waals surface area contributed by atoms with Crippen LogP contribution in [0.2, 0.25) is 5.15 Å². The van der Waals surface area contributed by atoms with Crippen molar-refractivity contribution in [3.8, 4) is 0 Å². The third kappa shape index (κ3) is 2.71. The molecule has 90 valence electrons. The third-order valence-electron chi connectivity index (χ3n) is 2.90. The maximum Gasteiger partial charge on any atom is 0.161 e. The lowest BCUT2D eigenvalue weighted by molar-refractivity contribution is -0.00917. The van der Waals surface area contributed by atoms with E-state index in [0.29, 0.717) is 16.9 Å². The lowest BCUT2D eigenvalue weighted by atomic mass is 10.0. The van der Waals surface area contributed by atoms with Crippen LogP contribution in [0, 0.1) is 0 Å². The number of hydrogen-bond acceptors (Lipinski definition) is 3. The summed E-state index contributed by atoms with van der Waals surface area (Å²) in [5, 5.41) is 0.477. The van der Waals surface area contributed by atoms with Crippen molar-refractivity contribution >= 4 is 11.6 Å². The average Bonchev–Trinajstić information content (AvgIpc) is 2.27. The molecule has 1 heterocycles. The molecule has 1 aromatic heterocycles. The maximum absolute atomic E-state index is 6.01. The zero-order valence-corrected chi connectivity index (χ0v) is 11.3. The minimum Gasteiger partial charge on any atom is -0.371 e. The van der Waals surface area contributed by atoms with Crippen LogP contribution in [0.25, 0.3) is 0 Å². The maximum atomic E-state index is 6.01. The largest absolute Gasteiger partial charge is 0.371 e. The minimum atomic E-state index is -0.464. The van der Waals surface area contributed by atoms with Crippen molar-refractivity contribution in [2.75, 3.05) is 7.11 Å². The lowest BCUT2D eigenvalue weighted by Crippen LogP contribution is -2.27. The molecule has 0 N–H and O–H groups in total. The fourth-order valence-electron chi connectivity index (χ4n) is 1.36. The molecular weight excluding hydrogens is 224 g/mol. The van der Waals surface area contributed by atoms with E-state index in [4.69, 9.17) is 16.3 Å². The van der Waals surface area contributed by atoms with Crippen LogP contribution in [-0.4, -0.2) is 17.1 Å². The van der Waals surface area contributed by atoms with Gasteiger partial charge in [0.15, 0.2) is 5.82 Å². The van der Waals surface area contributed by atoms with Gasteiger partial charge in [-0.15, -0.1) is 0 Å². The molecule has 0 saturated heterocycles. The van der Waals surface area contributed by atoms with Crippen molar-refractivity contribution in [3.63, 3.8) is 0 Å². The molecule has 0 amide bonds. The standard InChI is InChI=1S/C12H19ClN2O/c1-6-12(4,16-5)11-14-9(8(2)3)7-10(13)15-11/h7-8H,6H2,1-5H3. The molecule has 0 aliphatic rings. The van der Waals surface area contributed by atoms with Crippen molar-refractivity contribution in [2.24, 2.45) is 0 Å². The lowest BCUT2D eigenvalue weighted by Gasteiger charge is -2.25. The molecule has 16 heavy (non-hydrogen) atoms. The van der Waals surface area contributed by atoms with Gasteiger partial charge in [0.2, 0.25) is 0 Å². The van der Waals surface area contributed by atoms with Crippen LogP contribution >= 0.6 is 11.6 Å². The molecule has 4 heteroatoms. The summed E-state index contributed by atoms with van der Waals surface area (Å²) in [7, 11) is 1.67. The average molecular weight is 243 g/mol. The van der Waals surface area contributed by atoms with Crippen molar-refractivity contribution in [2.45, 2.75) is 45.6 Å².